The summed E-state index contributed by atoms with van der Waals surface area (Å²) in [5.74, 6) is 2.67. The van der Waals surface area contributed by atoms with Gasteiger partial charge in [0.1, 0.15) is 0 Å². The summed E-state index contributed by atoms with van der Waals surface area (Å²) in [6.45, 7) is 17.8. The van der Waals surface area contributed by atoms with Crippen molar-refractivity contribution in [3.63, 3.8) is 0 Å². The molecule has 238 valence electrons. The average molecular weight is 631 g/mol. The van der Waals surface area contributed by atoms with E-state index in [0.717, 1.165) is 74.2 Å². The SMILES string of the molecule is C=C(CC)CCCC1/C=C/CCC(CC)SNC(=C)c2ccc3c(c2)N(CC(c2ccc(Cl)cc2CCC)C3)CC2CCC12. The van der Waals surface area contributed by atoms with Crippen molar-refractivity contribution in [2.45, 2.75) is 109 Å². The van der Waals surface area contributed by atoms with Gasteiger partial charge in [-0.2, -0.15) is 0 Å². The summed E-state index contributed by atoms with van der Waals surface area (Å²) < 4.78 is 3.64. The van der Waals surface area contributed by atoms with Gasteiger partial charge in [0, 0.05) is 40.7 Å². The highest BCUT2D eigenvalue weighted by molar-refractivity contribution is 7.98. The van der Waals surface area contributed by atoms with E-state index in [2.05, 4.69) is 92.1 Å². The molecule has 3 aliphatic rings. The van der Waals surface area contributed by atoms with Crippen LogP contribution in [0.25, 0.3) is 5.70 Å². The van der Waals surface area contributed by atoms with Gasteiger partial charge >= 0.3 is 0 Å². The van der Waals surface area contributed by atoms with Gasteiger partial charge in [-0.1, -0.05) is 87.9 Å². The molecule has 2 aromatic rings. The van der Waals surface area contributed by atoms with Crippen LogP contribution >= 0.6 is 23.5 Å². The number of anilines is 1. The molecule has 5 unspecified atom stereocenters. The monoisotopic (exact) mass is 630 g/mol. The highest BCUT2D eigenvalue weighted by Gasteiger charge is 2.38. The summed E-state index contributed by atoms with van der Waals surface area (Å²) in [4.78, 5) is 2.76. The van der Waals surface area contributed by atoms with E-state index in [1.807, 2.05) is 11.9 Å². The van der Waals surface area contributed by atoms with Gasteiger partial charge in [0.2, 0.25) is 0 Å². The van der Waals surface area contributed by atoms with E-state index in [1.54, 1.807) is 0 Å². The smallest absolute Gasteiger partial charge is 0.0441 e. The third-order valence-corrected chi connectivity index (χ3v) is 12.1. The van der Waals surface area contributed by atoms with Gasteiger partial charge in [-0.3, -0.25) is 0 Å². The molecule has 44 heavy (non-hydrogen) atoms. The summed E-state index contributed by atoms with van der Waals surface area (Å²) in [6.07, 6.45) is 19.5. The molecule has 2 nitrogen and oxygen atoms in total. The van der Waals surface area contributed by atoms with E-state index in [0.29, 0.717) is 17.1 Å². The average Bonchev–Trinajstić information content (AvgIpc) is 3.01. The van der Waals surface area contributed by atoms with Crippen molar-refractivity contribution in [2.24, 2.45) is 17.8 Å². The number of rotatable bonds is 9. The van der Waals surface area contributed by atoms with Crippen molar-refractivity contribution >= 4 is 34.9 Å². The number of allylic oxidation sites excluding steroid dienone is 3. The molecule has 0 aromatic heterocycles. The lowest BCUT2D eigenvalue weighted by Gasteiger charge is -2.46. The maximum Gasteiger partial charge on any atom is 0.0441 e. The van der Waals surface area contributed by atoms with Crippen LogP contribution in [0.3, 0.4) is 0 Å². The van der Waals surface area contributed by atoms with Crippen LogP contribution in [0.2, 0.25) is 5.02 Å². The second-order valence-electron chi connectivity index (χ2n) is 13.6. The largest absolute Gasteiger partial charge is 0.370 e. The maximum absolute atomic E-state index is 6.50. The second kappa shape index (κ2) is 15.9. The van der Waals surface area contributed by atoms with Crippen LogP contribution < -0.4 is 9.62 Å². The van der Waals surface area contributed by atoms with Gasteiger partial charge in [0.25, 0.3) is 0 Å². The van der Waals surface area contributed by atoms with E-state index in [1.165, 1.54) is 72.0 Å². The van der Waals surface area contributed by atoms with Crippen molar-refractivity contribution in [3.8, 4) is 0 Å². The number of benzene rings is 2. The molecule has 1 saturated carbocycles. The minimum absolute atomic E-state index is 0.481. The number of hydrogen-bond acceptors (Lipinski definition) is 3. The van der Waals surface area contributed by atoms with Gasteiger partial charge in [0.15, 0.2) is 0 Å². The molecule has 2 bridgehead atoms. The van der Waals surface area contributed by atoms with E-state index in [-0.39, 0.29) is 0 Å². The first kappa shape index (κ1) is 33.3. The lowest BCUT2D eigenvalue weighted by atomic mass is 9.65. The lowest BCUT2D eigenvalue weighted by molar-refractivity contribution is 0.124. The predicted molar refractivity (Wildman–Crippen MR) is 196 cm³/mol. The Morgan fingerprint density at radius 2 is 1.93 bits per heavy atom. The van der Waals surface area contributed by atoms with Gasteiger partial charge in [-0.05, 0) is 141 Å². The van der Waals surface area contributed by atoms with E-state index >= 15 is 0 Å². The van der Waals surface area contributed by atoms with Crippen molar-refractivity contribution in [1.29, 1.82) is 0 Å². The van der Waals surface area contributed by atoms with Crippen LogP contribution in [-0.4, -0.2) is 18.3 Å². The lowest BCUT2D eigenvalue weighted by Crippen LogP contribution is -2.44. The molecule has 1 N–H and O–H groups in total. The topological polar surface area (TPSA) is 15.3 Å². The number of nitrogens with zero attached hydrogens (tertiary/aromatic N) is 1. The number of hydrogen-bond donors (Lipinski definition) is 1. The Morgan fingerprint density at radius 3 is 2.68 bits per heavy atom. The highest BCUT2D eigenvalue weighted by Crippen LogP contribution is 2.46. The third-order valence-electron chi connectivity index (χ3n) is 10.6. The summed E-state index contributed by atoms with van der Waals surface area (Å²) in [6, 6.07) is 13.8. The van der Waals surface area contributed by atoms with E-state index in [9.17, 15) is 0 Å². The first-order valence-corrected chi connectivity index (χ1v) is 18.8. The van der Waals surface area contributed by atoms with Gasteiger partial charge in [0.05, 0.1) is 0 Å². The molecule has 5 atom stereocenters. The summed E-state index contributed by atoms with van der Waals surface area (Å²) in [7, 11) is 0. The minimum Gasteiger partial charge on any atom is -0.370 e. The van der Waals surface area contributed by atoms with Crippen molar-refractivity contribution in [2.75, 3.05) is 18.0 Å². The van der Waals surface area contributed by atoms with Gasteiger partial charge < -0.3 is 9.62 Å². The van der Waals surface area contributed by atoms with Gasteiger partial charge in [-0.15, -0.1) is 0 Å². The van der Waals surface area contributed by atoms with Crippen LogP contribution in [0.5, 0.6) is 0 Å². The molecule has 1 fully saturated rings. The number of aryl methyl sites for hydroxylation is 1. The fourth-order valence-electron chi connectivity index (χ4n) is 7.75. The quantitative estimate of drug-likeness (QED) is 0.219. The van der Waals surface area contributed by atoms with Crippen molar-refractivity contribution in [1.82, 2.24) is 4.72 Å². The third kappa shape index (κ3) is 8.18. The summed E-state index contributed by atoms with van der Waals surface area (Å²) in [5.41, 5.74) is 9.47. The Hall–Kier alpha value is -2.10. The zero-order chi connectivity index (χ0) is 31.1. The molecule has 0 radical (unpaired) electrons. The highest BCUT2D eigenvalue weighted by atomic mass is 35.5. The predicted octanol–water partition coefficient (Wildman–Crippen LogP) is 11.6. The number of nitrogens with one attached hydrogen (secondary N) is 1. The summed E-state index contributed by atoms with van der Waals surface area (Å²) >= 11 is 8.36. The molecule has 0 amide bonds. The van der Waals surface area contributed by atoms with Crippen molar-refractivity contribution in [3.05, 3.63) is 94.6 Å². The molecule has 2 aliphatic heterocycles. The Labute approximate surface area is 277 Å². The molecule has 4 heteroatoms. The minimum atomic E-state index is 0.481. The normalized spacial score (nSPS) is 26.3. The Bertz CT molecular complexity index is 1310. The van der Waals surface area contributed by atoms with Gasteiger partial charge in [-0.25, -0.2) is 0 Å². The Kier molecular flexibility index (Phi) is 12.1. The van der Waals surface area contributed by atoms with Crippen LogP contribution in [0.4, 0.5) is 5.69 Å². The van der Waals surface area contributed by atoms with E-state index < -0.39 is 0 Å². The fraction of sp³-hybridized carbons (Fsp3) is 0.550. The van der Waals surface area contributed by atoms with Crippen molar-refractivity contribution < 1.29 is 0 Å². The number of fused-ring (bicyclic) bond motifs is 2. The number of halogens is 1. The Balaban J connectivity index is 1.46. The molecule has 2 aromatic carbocycles. The first-order valence-electron chi connectivity index (χ1n) is 17.5. The van der Waals surface area contributed by atoms with Crippen LogP contribution in [0.15, 0.2) is 67.3 Å². The first-order chi connectivity index (χ1) is 21.4. The van der Waals surface area contributed by atoms with E-state index in [4.69, 9.17) is 11.6 Å². The summed E-state index contributed by atoms with van der Waals surface area (Å²) in [5, 5.41) is 1.44. The molecular formula is C40H55ClN2S. The molecule has 5 rings (SSSR count). The standard InChI is InChI=1S/C40H55ClN2S/c1-6-12-32-24-36(41)20-22-39(32)35-23-33-18-17-31-25-40(33)43(27-35)26-34-19-21-38(34)30(15-11-13-28(4)7-2)14-9-10-16-37(8-3)44-42-29(31)5/h9,14,17-18,20,22,24-25,30,34-35,37-38,42H,4-8,10-13,15-16,19,21,23,26-27H2,1-3H3/b14-9+. The molecule has 0 spiro atoms. The van der Waals surface area contributed by atoms with Crippen LogP contribution in [0, 0.1) is 17.8 Å². The molecule has 1 aliphatic carbocycles. The second-order valence-corrected chi connectivity index (χ2v) is 15.2. The van der Waals surface area contributed by atoms with Crippen LogP contribution in [-0.2, 0) is 12.8 Å². The maximum atomic E-state index is 6.50. The molecule has 0 saturated heterocycles. The Morgan fingerprint density at radius 1 is 1.07 bits per heavy atom. The molecule has 2 heterocycles. The zero-order valence-corrected chi connectivity index (χ0v) is 29.1. The fourth-order valence-corrected chi connectivity index (χ4v) is 8.79. The zero-order valence-electron chi connectivity index (χ0n) is 27.6. The van der Waals surface area contributed by atoms with Crippen LogP contribution in [0.1, 0.15) is 113 Å². The molecular weight excluding hydrogens is 576 g/mol.